The molecule has 0 aliphatic heterocycles. The van der Waals surface area contributed by atoms with Crippen molar-refractivity contribution in [3.05, 3.63) is 24.0 Å². The molecule has 0 saturated heterocycles. The van der Waals surface area contributed by atoms with Crippen molar-refractivity contribution >= 4 is 5.91 Å². The van der Waals surface area contributed by atoms with Crippen molar-refractivity contribution in [3.63, 3.8) is 0 Å². The van der Waals surface area contributed by atoms with Gasteiger partial charge in [-0.15, -0.1) is 0 Å². The van der Waals surface area contributed by atoms with Crippen LogP contribution in [-0.4, -0.2) is 23.1 Å². The van der Waals surface area contributed by atoms with Crippen LogP contribution in [0, 0.1) is 0 Å². The van der Waals surface area contributed by atoms with Gasteiger partial charge < -0.3 is 15.2 Å². The van der Waals surface area contributed by atoms with Crippen LogP contribution >= 0.6 is 0 Å². The van der Waals surface area contributed by atoms with Crippen molar-refractivity contribution in [1.29, 1.82) is 0 Å². The fourth-order valence-corrected chi connectivity index (χ4v) is 1.68. The Balaban J connectivity index is 2.13. The van der Waals surface area contributed by atoms with Crippen molar-refractivity contribution < 1.29 is 4.79 Å². The van der Waals surface area contributed by atoms with Crippen molar-refractivity contribution in [2.24, 2.45) is 0 Å². The summed E-state index contributed by atoms with van der Waals surface area (Å²) in [6.45, 7) is 8.76. The van der Waals surface area contributed by atoms with E-state index >= 15 is 0 Å². The summed E-state index contributed by atoms with van der Waals surface area (Å²) in [5.41, 5.74) is 1.26. The van der Waals surface area contributed by atoms with Gasteiger partial charge in [0.1, 0.15) is 0 Å². The van der Waals surface area contributed by atoms with Gasteiger partial charge in [0.15, 0.2) is 0 Å². The summed E-state index contributed by atoms with van der Waals surface area (Å²) in [5, 5.41) is 6.25. The largest absolute Gasteiger partial charge is 0.354 e. The van der Waals surface area contributed by atoms with E-state index in [1.807, 2.05) is 6.92 Å². The predicted molar refractivity (Wildman–Crippen MR) is 74.3 cm³/mol. The van der Waals surface area contributed by atoms with E-state index in [0.29, 0.717) is 6.42 Å². The monoisotopic (exact) mass is 251 g/mol. The molecule has 0 aliphatic carbocycles. The third-order valence-corrected chi connectivity index (χ3v) is 3.05. The van der Waals surface area contributed by atoms with E-state index in [4.69, 9.17) is 0 Å². The maximum atomic E-state index is 11.5. The lowest BCUT2D eigenvalue weighted by atomic mass is 10.2. The van der Waals surface area contributed by atoms with Gasteiger partial charge in [0.05, 0.1) is 0 Å². The second-order valence-electron chi connectivity index (χ2n) is 4.65. The molecule has 0 fully saturated rings. The summed E-state index contributed by atoms with van der Waals surface area (Å²) in [6.07, 6.45) is 5.72. The molecule has 0 aliphatic rings. The smallest absolute Gasteiger partial charge is 0.221 e. The SMILES string of the molecule is CCC(C)NC(=O)CCNCc1ccn(CC)c1. The van der Waals surface area contributed by atoms with Crippen LogP contribution in [0.15, 0.2) is 18.5 Å². The number of hydrogen-bond acceptors (Lipinski definition) is 2. The van der Waals surface area contributed by atoms with Crippen LogP contribution in [0.4, 0.5) is 0 Å². The summed E-state index contributed by atoms with van der Waals surface area (Å²) in [7, 11) is 0. The Morgan fingerprint density at radius 3 is 2.83 bits per heavy atom. The van der Waals surface area contributed by atoms with Crippen molar-refractivity contribution in [2.45, 2.75) is 52.7 Å². The third kappa shape index (κ3) is 5.36. The maximum Gasteiger partial charge on any atom is 0.221 e. The van der Waals surface area contributed by atoms with E-state index in [0.717, 1.165) is 26.1 Å². The second kappa shape index (κ2) is 7.93. The molecule has 1 aromatic rings. The fourth-order valence-electron chi connectivity index (χ4n) is 1.68. The van der Waals surface area contributed by atoms with Gasteiger partial charge in [-0.05, 0) is 31.9 Å². The molecule has 102 valence electrons. The van der Waals surface area contributed by atoms with Gasteiger partial charge in [0, 0.05) is 44.5 Å². The highest BCUT2D eigenvalue weighted by atomic mass is 16.1. The first-order valence-corrected chi connectivity index (χ1v) is 6.80. The number of rotatable bonds is 8. The van der Waals surface area contributed by atoms with Gasteiger partial charge >= 0.3 is 0 Å². The number of hydrogen-bond donors (Lipinski definition) is 2. The lowest BCUT2D eigenvalue weighted by Gasteiger charge is -2.11. The zero-order valence-electron chi connectivity index (χ0n) is 11.7. The van der Waals surface area contributed by atoms with E-state index in [1.165, 1.54) is 5.56 Å². The number of aryl methyl sites for hydroxylation is 1. The van der Waals surface area contributed by atoms with E-state index < -0.39 is 0 Å². The highest BCUT2D eigenvalue weighted by Crippen LogP contribution is 2.00. The van der Waals surface area contributed by atoms with Gasteiger partial charge in [-0.3, -0.25) is 4.79 Å². The first-order valence-electron chi connectivity index (χ1n) is 6.80. The van der Waals surface area contributed by atoms with Crippen LogP contribution in [-0.2, 0) is 17.9 Å². The summed E-state index contributed by atoms with van der Waals surface area (Å²) in [6, 6.07) is 2.38. The fraction of sp³-hybridized carbons (Fsp3) is 0.643. The van der Waals surface area contributed by atoms with Crippen LogP contribution in [0.3, 0.4) is 0 Å². The Morgan fingerprint density at radius 2 is 2.22 bits per heavy atom. The highest BCUT2D eigenvalue weighted by molar-refractivity contribution is 5.76. The van der Waals surface area contributed by atoms with Gasteiger partial charge in [-0.2, -0.15) is 0 Å². The normalized spacial score (nSPS) is 12.4. The summed E-state index contributed by atoms with van der Waals surface area (Å²) >= 11 is 0. The second-order valence-corrected chi connectivity index (χ2v) is 4.65. The minimum Gasteiger partial charge on any atom is -0.354 e. The molecule has 4 nitrogen and oxygen atoms in total. The first-order chi connectivity index (χ1) is 8.65. The molecule has 0 radical (unpaired) electrons. The molecule has 1 heterocycles. The van der Waals surface area contributed by atoms with Crippen LogP contribution in [0.25, 0.3) is 0 Å². The summed E-state index contributed by atoms with van der Waals surface area (Å²) in [5.74, 6) is 0.128. The third-order valence-electron chi connectivity index (χ3n) is 3.05. The zero-order chi connectivity index (χ0) is 13.4. The highest BCUT2D eigenvalue weighted by Gasteiger charge is 2.04. The number of nitrogens with one attached hydrogen (secondary N) is 2. The Kier molecular flexibility index (Phi) is 6.50. The molecule has 4 heteroatoms. The first kappa shape index (κ1) is 14.8. The van der Waals surface area contributed by atoms with Crippen molar-refractivity contribution in [2.75, 3.05) is 6.54 Å². The topological polar surface area (TPSA) is 46.1 Å². The Morgan fingerprint density at radius 1 is 1.44 bits per heavy atom. The van der Waals surface area contributed by atoms with Gasteiger partial charge in [-0.25, -0.2) is 0 Å². The minimum atomic E-state index is 0.128. The standard InChI is InChI=1S/C14H25N3O/c1-4-12(3)16-14(18)6-8-15-10-13-7-9-17(5-2)11-13/h7,9,11-12,15H,4-6,8,10H2,1-3H3,(H,16,18). The number of amides is 1. The average Bonchev–Trinajstić information content (AvgIpc) is 2.82. The number of carbonyl (C=O) groups is 1. The predicted octanol–water partition coefficient (Wildman–Crippen LogP) is 1.90. The number of carbonyl (C=O) groups excluding carboxylic acids is 1. The molecule has 0 bridgehead atoms. The molecule has 1 rings (SSSR count). The molecular formula is C14H25N3O. The molecule has 1 unspecified atom stereocenters. The van der Waals surface area contributed by atoms with Crippen molar-refractivity contribution in [1.82, 2.24) is 15.2 Å². The number of nitrogens with zero attached hydrogens (tertiary/aromatic N) is 1. The molecule has 1 atom stereocenters. The molecular weight excluding hydrogens is 226 g/mol. The van der Waals surface area contributed by atoms with E-state index in [9.17, 15) is 4.79 Å². The quantitative estimate of drug-likeness (QED) is 0.693. The Bertz CT molecular complexity index is 360. The molecule has 2 N–H and O–H groups in total. The lowest BCUT2D eigenvalue weighted by Crippen LogP contribution is -2.33. The number of aromatic nitrogens is 1. The maximum absolute atomic E-state index is 11.5. The zero-order valence-corrected chi connectivity index (χ0v) is 11.7. The van der Waals surface area contributed by atoms with Gasteiger partial charge in [0.2, 0.25) is 5.91 Å². The average molecular weight is 251 g/mol. The Labute approximate surface area is 110 Å². The van der Waals surface area contributed by atoms with E-state index in [-0.39, 0.29) is 11.9 Å². The molecule has 1 amide bonds. The minimum absolute atomic E-state index is 0.128. The summed E-state index contributed by atoms with van der Waals surface area (Å²) < 4.78 is 2.15. The van der Waals surface area contributed by atoms with Crippen LogP contribution in [0.5, 0.6) is 0 Å². The molecule has 1 aromatic heterocycles. The molecule has 0 saturated carbocycles. The summed E-state index contributed by atoms with van der Waals surface area (Å²) in [4.78, 5) is 11.5. The van der Waals surface area contributed by atoms with Gasteiger partial charge in [-0.1, -0.05) is 6.92 Å². The van der Waals surface area contributed by atoms with Crippen LogP contribution in [0.2, 0.25) is 0 Å². The van der Waals surface area contributed by atoms with Crippen LogP contribution < -0.4 is 10.6 Å². The molecule has 0 aromatic carbocycles. The van der Waals surface area contributed by atoms with E-state index in [2.05, 4.69) is 47.5 Å². The molecule has 0 spiro atoms. The van der Waals surface area contributed by atoms with Crippen LogP contribution in [0.1, 0.15) is 39.2 Å². The lowest BCUT2D eigenvalue weighted by molar-refractivity contribution is -0.121. The van der Waals surface area contributed by atoms with Gasteiger partial charge in [0.25, 0.3) is 0 Å². The Hall–Kier alpha value is -1.29. The van der Waals surface area contributed by atoms with Crippen molar-refractivity contribution in [3.8, 4) is 0 Å². The molecule has 18 heavy (non-hydrogen) atoms. The van der Waals surface area contributed by atoms with E-state index in [1.54, 1.807) is 0 Å².